The Labute approximate surface area is 208 Å². The van der Waals surface area contributed by atoms with Crippen molar-refractivity contribution in [1.82, 2.24) is 5.32 Å². The van der Waals surface area contributed by atoms with Gasteiger partial charge in [-0.2, -0.15) is 0 Å². The topological polar surface area (TPSA) is 47.6 Å². The largest absolute Gasteiger partial charge is 0.454 e. The summed E-state index contributed by atoms with van der Waals surface area (Å²) >= 11 is 0. The fourth-order valence-electron chi connectivity index (χ4n) is 4.14. The van der Waals surface area contributed by atoms with E-state index in [1.165, 1.54) is 82.6 Å². The van der Waals surface area contributed by atoms with E-state index in [1.54, 1.807) is 6.08 Å². The van der Waals surface area contributed by atoms with Crippen LogP contribution in [0.1, 0.15) is 103 Å². The number of unbranched alkanes of at least 4 members (excludes halogenated alkanes) is 12. The highest BCUT2D eigenvalue weighted by Gasteiger charge is 2.12. The molecule has 4 heteroatoms. The number of carbonyl (C=O) groups is 1. The second kappa shape index (κ2) is 18.1. The van der Waals surface area contributed by atoms with Crippen LogP contribution in [0.15, 0.2) is 42.5 Å². The van der Waals surface area contributed by atoms with Crippen molar-refractivity contribution in [2.45, 2.75) is 104 Å². The lowest BCUT2D eigenvalue weighted by molar-refractivity contribution is -0.116. The van der Waals surface area contributed by atoms with Gasteiger partial charge in [-0.3, -0.25) is 4.79 Å². The van der Waals surface area contributed by atoms with Crippen molar-refractivity contribution in [2.24, 2.45) is 5.92 Å². The Balaban J connectivity index is 1.29. The number of carbonyl (C=O) groups excluding carboxylic acids is 1. The number of benzene rings is 1. The third kappa shape index (κ3) is 13.5. The summed E-state index contributed by atoms with van der Waals surface area (Å²) in [6.07, 6.45) is 26.0. The summed E-state index contributed by atoms with van der Waals surface area (Å²) in [6.45, 7) is 5.28. The van der Waals surface area contributed by atoms with Gasteiger partial charge in [0.1, 0.15) is 0 Å². The van der Waals surface area contributed by atoms with Gasteiger partial charge < -0.3 is 14.8 Å². The standard InChI is InChI=1S/C30H47NO3/c1-26(2)24-31-30(32)20-18-16-14-12-10-8-6-4-3-5-7-9-11-13-15-17-19-27-21-22-28-29(23-27)34-25-33-28/h14,16,18,20-23,26H,3-13,15,17,19,24-25H2,1-2H3,(H,31,32)/b16-14+,20-18+. The minimum atomic E-state index is -0.00374. The molecular formula is C30H47NO3. The van der Waals surface area contributed by atoms with Crippen molar-refractivity contribution in [3.05, 3.63) is 48.1 Å². The molecule has 1 amide bonds. The maximum absolute atomic E-state index is 11.5. The summed E-state index contributed by atoms with van der Waals surface area (Å²) in [7, 11) is 0. The Hall–Kier alpha value is -2.23. The molecule has 0 fully saturated rings. The van der Waals surface area contributed by atoms with Crippen LogP contribution in [0.2, 0.25) is 0 Å². The third-order valence-electron chi connectivity index (χ3n) is 6.20. The number of hydrogen-bond donors (Lipinski definition) is 1. The van der Waals surface area contributed by atoms with E-state index >= 15 is 0 Å². The molecule has 0 unspecified atom stereocenters. The molecule has 2 rings (SSSR count). The first kappa shape index (κ1) is 28.0. The van der Waals surface area contributed by atoms with E-state index in [9.17, 15) is 4.79 Å². The van der Waals surface area contributed by atoms with Crippen LogP contribution in [0, 0.1) is 5.92 Å². The zero-order chi connectivity index (χ0) is 24.3. The molecule has 0 saturated heterocycles. The molecule has 1 aromatic rings. The molecule has 1 aromatic carbocycles. The van der Waals surface area contributed by atoms with Gasteiger partial charge in [0, 0.05) is 12.6 Å². The van der Waals surface area contributed by atoms with E-state index in [0.29, 0.717) is 12.7 Å². The lowest BCUT2D eigenvalue weighted by atomic mass is 10.0. The molecular weight excluding hydrogens is 422 g/mol. The van der Waals surface area contributed by atoms with Gasteiger partial charge in [0.2, 0.25) is 12.7 Å². The maximum Gasteiger partial charge on any atom is 0.243 e. The molecule has 0 atom stereocenters. The van der Waals surface area contributed by atoms with Crippen molar-refractivity contribution < 1.29 is 14.3 Å². The average molecular weight is 470 g/mol. The van der Waals surface area contributed by atoms with Gasteiger partial charge in [0.25, 0.3) is 0 Å². The second-order valence-corrected chi connectivity index (χ2v) is 9.90. The number of ether oxygens (including phenoxy) is 2. The summed E-state index contributed by atoms with van der Waals surface area (Å²) in [5.41, 5.74) is 1.36. The van der Waals surface area contributed by atoms with Crippen LogP contribution >= 0.6 is 0 Å². The molecule has 1 aliphatic rings. The second-order valence-electron chi connectivity index (χ2n) is 9.90. The predicted molar refractivity (Wildman–Crippen MR) is 142 cm³/mol. The molecule has 0 aliphatic carbocycles. The van der Waals surface area contributed by atoms with Gasteiger partial charge in [-0.15, -0.1) is 0 Å². The summed E-state index contributed by atoms with van der Waals surface area (Å²) < 4.78 is 10.8. The number of amides is 1. The highest BCUT2D eigenvalue weighted by molar-refractivity contribution is 5.87. The van der Waals surface area contributed by atoms with Crippen LogP contribution in [0.4, 0.5) is 0 Å². The van der Waals surface area contributed by atoms with E-state index in [4.69, 9.17) is 9.47 Å². The van der Waals surface area contributed by atoms with Gasteiger partial charge >= 0.3 is 0 Å². The fraction of sp³-hybridized carbons (Fsp3) is 0.633. The predicted octanol–water partition coefficient (Wildman–Crippen LogP) is 7.91. The first-order chi connectivity index (χ1) is 16.6. The van der Waals surface area contributed by atoms with Crippen LogP contribution < -0.4 is 14.8 Å². The van der Waals surface area contributed by atoms with E-state index in [2.05, 4.69) is 37.4 Å². The van der Waals surface area contributed by atoms with Gasteiger partial charge in [0.05, 0.1) is 0 Å². The quantitative estimate of drug-likeness (QED) is 0.127. The smallest absolute Gasteiger partial charge is 0.243 e. The summed E-state index contributed by atoms with van der Waals surface area (Å²) in [4.78, 5) is 11.5. The summed E-state index contributed by atoms with van der Waals surface area (Å²) in [6, 6.07) is 6.33. The molecule has 4 nitrogen and oxygen atoms in total. The van der Waals surface area contributed by atoms with Crippen molar-refractivity contribution in [1.29, 1.82) is 0 Å². The molecule has 0 spiro atoms. The van der Waals surface area contributed by atoms with Gasteiger partial charge in [0.15, 0.2) is 11.5 Å². The van der Waals surface area contributed by atoms with E-state index in [1.807, 2.05) is 18.2 Å². The minimum absolute atomic E-state index is 0.00374. The van der Waals surface area contributed by atoms with E-state index in [-0.39, 0.29) is 5.91 Å². The van der Waals surface area contributed by atoms with Gasteiger partial charge in [-0.05, 0) is 49.3 Å². The maximum atomic E-state index is 11.5. The van der Waals surface area contributed by atoms with Crippen LogP contribution in [-0.4, -0.2) is 19.2 Å². The molecule has 190 valence electrons. The Bertz CT molecular complexity index is 739. The van der Waals surface area contributed by atoms with Gasteiger partial charge in [-0.25, -0.2) is 0 Å². The highest BCUT2D eigenvalue weighted by Crippen LogP contribution is 2.32. The van der Waals surface area contributed by atoms with Gasteiger partial charge in [-0.1, -0.05) is 102 Å². The number of rotatable bonds is 19. The number of nitrogens with one attached hydrogen (secondary N) is 1. The zero-order valence-electron chi connectivity index (χ0n) is 21.7. The first-order valence-corrected chi connectivity index (χ1v) is 13.6. The molecule has 0 aromatic heterocycles. The van der Waals surface area contributed by atoms with Crippen LogP contribution in [0.3, 0.4) is 0 Å². The van der Waals surface area contributed by atoms with E-state index < -0.39 is 0 Å². The minimum Gasteiger partial charge on any atom is -0.454 e. The summed E-state index contributed by atoms with van der Waals surface area (Å²) in [5, 5.41) is 2.88. The normalized spacial score (nSPS) is 12.9. The van der Waals surface area contributed by atoms with Crippen molar-refractivity contribution in [2.75, 3.05) is 13.3 Å². The number of fused-ring (bicyclic) bond motifs is 1. The number of allylic oxidation sites excluding steroid dienone is 3. The van der Waals surface area contributed by atoms with Crippen molar-refractivity contribution in [3.8, 4) is 11.5 Å². The molecule has 34 heavy (non-hydrogen) atoms. The molecule has 1 aliphatic heterocycles. The van der Waals surface area contributed by atoms with E-state index in [0.717, 1.165) is 30.9 Å². The van der Waals surface area contributed by atoms with Crippen molar-refractivity contribution in [3.63, 3.8) is 0 Å². The summed E-state index contributed by atoms with van der Waals surface area (Å²) in [5.74, 6) is 2.27. The monoisotopic (exact) mass is 469 g/mol. The molecule has 1 N–H and O–H groups in total. The van der Waals surface area contributed by atoms with Crippen LogP contribution in [0.5, 0.6) is 11.5 Å². The number of hydrogen-bond acceptors (Lipinski definition) is 3. The Kier molecular flexibility index (Phi) is 14.9. The Morgan fingerprint density at radius 1 is 0.853 bits per heavy atom. The van der Waals surface area contributed by atoms with Crippen LogP contribution in [0.25, 0.3) is 0 Å². The number of aryl methyl sites for hydroxylation is 1. The molecule has 0 radical (unpaired) electrons. The Morgan fingerprint density at radius 3 is 2.15 bits per heavy atom. The average Bonchev–Trinajstić information content (AvgIpc) is 3.30. The zero-order valence-corrected chi connectivity index (χ0v) is 21.7. The molecule has 0 bridgehead atoms. The first-order valence-electron chi connectivity index (χ1n) is 13.6. The highest BCUT2D eigenvalue weighted by atomic mass is 16.7. The third-order valence-corrected chi connectivity index (χ3v) is 6.20. The lowest BCUT2D eigenvalue weighted by Crippen LogP contribution is -2.25. The molecule has 1 heterocycles. The molecule has 0 saturated carbocycles. The Morgan fingerprint density at radius 2 is 1.47 bits per heavy atom. The fourth-order valence-corrected chi connectivity index (χ4v) is 4.14. The SMILES string of the molecule is CC(C)CNC(=O)/C=C/C=C/CCCCCCCCCCCCCCc1ccc2c(c1)OCO2. The van der Waals surface area contributed by atoms with Crippen molar-refractivity contribution >= 4 is 5.91 Å². The lowest BCUT2D eigenvalue weighted by Gasteiger charge is -2.04. The van der Waals surface area contributed by atoms with Crippen LogP contribution in [-0.2, 0) is 11.2 Å².